The van der Waals surface area contributed by atoms with Gasteiger partial charge in [-0.2, -0.15) is 0 Å². The average Bonchev–Trinajstić information content (AvgIpc) is 2.53. The van der Waals surface area contributed by atoms with Crippen LogP contribution in [-0.2, 0) is 9.53 Å². The maximum atomic E-state index is 12.1. The molecule has 0 unspecified atom stereocenters. The highest BCUT2D eigenvalue weighted by atomic mass is 16.6. The summed E-state index contributed by atoms with van der Waals surface area (Å²) in [4.78, 5) is 12.1. The third-order valence-corrected chi connectivity index (χ3v) is 5.67. The van der Waals surface area contributed by atoms with Crippen LogP contribution in [0.3, 0.4) is 0 Å². The van der Waals surface area contributed by atoms with Gasteiger partial charge in [0.05, 0.1) is 5.92 Å². The van der Waals surface area contributed by atoms with Crippen molar-refractivity contribution in [2.45, 2.75) is 106 Å². The van der Waals surface area contributed by atoms with Gasteiger partial charge in [0, 0.05) is 0 Å². The maximum Gasteiger partial charge on any atom is 0.308 e. The summed E-state index contributed by atoms with van der Waals surface area (Å²) in [5, 5.41) is 0. The molecule has 1 aliphatic rings. The lowest BCUT2D eigenvalue weighted by Crippen LogP contribution is -2.45. The highest BCUT2D eigenvalue weighted by Gasteiger charge is 2.42. The summed E-state index contributed by atoms with van der Waals surface area (Å²) in [6.07, 6.45) is 6.83. The van der Waals surface area contributed by atoms with Crippen molar-refractivity contribution in [2.24, 2.45) is 23.2 Å². The minimum absolute atomic E-state index is 0.0309. The molecular weight excluding hydrogens is 284 g/mol. The first kappa shape index (κ1) is 22.5. The Morgan fingerprint density at radius 2 is 1.35 bits per heavy atom. The molecule has 0 spiro atoms. The van der Waals surface area contributed by atoms with Crippen LogP contribution in [0, 0.1) is 23.2 Å². The Labute approximate surface area is 145 Å². The van der Waals surface area contributed by atoms with Crippen LogP contribution in [0.25, 0.3) is 0 Å². The van der Waals surface area contributed by atoms with E-state index >= 15 is 0 Å². The van der Waals surface area contributed by atoms with Crippen LogP contribution in [0.15, 0.2) is 0 Å². The number of hydrogen-bond donors (Lipinski definition) is 0. The van der Waals surface area contributed by atoms with Gasteiger partial charge in [0.1, 0.15) is 5.60 Å². The zero-order valence-electron chi connectivity index (χ0n) is 17.3. The van der Waals surface area contributed by atoms with E-state index in [1.807, 2.05) is 27.7 Å². The largest absolute Gasteiger partial charge is 0.459 e. The lowest BCUT2D eigenvalue weighted by Gasteiger charge is -2.45. The fraction of sp³-hybridized carbons (Fsp3) is 0.952. The SMILES string of the molecule is CC.CCC(CC)(OC(=O)C(C)C)C1CCC(C(C)(C)C)CC1. The van der Waals surface area contributed by atoms with E-state index in [0.29, 0.717) is 11.3 Å². The van der Waals surface area contributed by atoms with Crippen LogP contribution in [0.2, 0.25) is 0 Å². The van der Waals surface area contributed by atoms with E-state index in [4.69, 9.17) is 4.74 Å². The standard InChI is InChI=1S/C19H36O2.C2H6/c1-8-19(9-2,21-17(20)14(3)4)16-12-10-15(11-13-16)18(5,6)7;1-2/h14-16H,8-13H2,1-7H3;1-2H3. The maximum absolute atomic E-state index is 12.1. The molecule has 2 nitrogen and oxygen atoms in total. The Morgan fingerprint density at radius 1 is 0.957 bits per heavy atom. The molecule has 0 aromatic carbocycles. The minimum atomic E-state index is -0.232. The van der Waals surface area contributed by atoms with Crippen LogP contribution in [0.1, 0.15) is 101 Å². The number of hydrogen-bond acceptors (Lipinski definition) is 2. The monoisotopic (exact) mass is 326 g/mol. The van der Waals surface area contributed by atoms with E-state index < -0.39 is 0 Å². The van der Waals surface area contributed by atoms with Crippen LogP contribution >= 0.6 is 0 Å². The first-order chi connectivity index (χ1) is 10.7. The van der Waals surface area contributed by atoms with Crippen molar-refractivity contribution in [3.63, 3.8) is 0 Å². The molecule has 138 valence electrons. The molecule has 0 aromatic heterocycles. The lowest BCUT2D eigenvalue weighted by atomic mass is 9.65. The predicted molar refractivity (Wildman–Crippen MR) is 100 cm³/mol. The van der Waals surface area contributed by atoms with Gasteiger partial charge >= 0.3 is 5.97 Å². The number of carbonyl (C=O) groups excluding carboxylic acids is 1. The fourth-order valence-corrected chi connectivity index (χ4v) is 3.86. The Morgan fingerprint density at radius 3 is 1.65 bits per heavy atom. The number of ether oxygens (including phenoxy) is 1. The van der Waals surface area contributed by atoms with Crippen molar-refractivity contribution in [3.8, 4) is 0 Å². The Bertz CT molecular complexity index is 326. The topological polar surface area (TPSA) is 26.3 Å². The summed E-state index contributed by atoms with van der Waals surface area (Å²) in [6.45, 7) is 19.3. The summed E-state index contributed by atoms with van der Waals surface area (Å²) in [6, 6.07) is 0. The van der Waals surface area contributed by atoms with Gasteiger partial charge in [-0.15, -0.1) is 0 Å². The second-order valence-electron chi connectivity index (χ2n) is 8.26. The minimum Gasteiger partial charge on any atom is -0.459 e. The van der Waals surface area contributed by atoms with Crippen molar-refractivity contribution in [1.29, 1.82) is 0 Å². The van der Waals surface area contributed by atoms with Crippen molar-refractivity contribution < 1.29 is 9.53 Å². The zero-order chi connectivity index (χ0) is 18.3. The third kappa shape index (κ3) is 6.12. The molecule has 0 aromatic rings. The van der Waals surface area contributed by atoms with E-state index in [2.05, 4.69) is 34.6 Å². The van der Waals surface area contributed by atoms with Gasteiger partial charge in [0.15, 0.2) is 0 Å². The van der Waals surface area contributed by atoms with Crippen LogP contribution < -0.4 is 0 Å². The smallest absolute Gasteiger partial charge is 0.308 e. The summed E-state index contributed by atoms with van der Waals surface area (Å²) < 4.78 is 6.02. The predicted octanol–water partition coefficient (Wildman–Crippen LogP) is 6.62. The highest BCUT2D eigenvalue weighted by Crippen LogP contribution is 2.46. The highest BCUT2D eigenvalue weighted by molar-refractivity contribution is 5.72. The normalized spacial score (nSPS) is 22.3. The van der Waals surface area contributed by atoms with Gasteiger partial charge in [-0.1, -0.05) is 62.3 Å². The second kappa shape index (κ2) is 9.69. The average molecular weight is 327 g/mol. The molecule has 0 heterocycles. The first-order valence-electron chi connectivity index (χ1n) is 9.89. The summed E-state index contributed by atoms with van der Waals surface area (Å²) in [5.74, 6) is 1.28. The molecule has 0 bridgehead atoms. The quantitative estimate of drug-likeness (QED) is 0.530. The summed E-state index contributed by atoms with van der Waals surface area (Å²) in [5.41, 5.74) is 0.172. The van der Waals surface area contributed by atoms with Crippen molar-refractivity contribution in [2.75, 3.05) is 0 Å². The first-order valence-corrected chi connectivity index (χ1v) is 9.89. The van der Waals surface area contributed by atoms with Gasteiger partial charge in [-0.25, -0.2) is 0 Å². The molecule has 1 fully saturated rings. The number of carbonyl (C=O) groups is 1. The molecule has 0 radical (unpaired) electrons. The molecule has 0 aliphatic heterocycles. The Balaban J connectivity index is 0.00000232. The molecule has 1 aliphatic carbocycles. The molecule has 2 heteroatoms. The summed E-state index contributed by atoms with van der Waals surface area (Å²) in [7, 11) is 0. The third-order valence-electron chi connectivity index (χ3n) is 5.67. The van der Waals surface area contributed by atoms with E-state index in [1.165, 1.54) is 25.7 Å². The van der Waals surface area contributed by atoms with E-state index in [0.717, 1.165) is 18.8 Å². The summed E-state index contributed by atoms with van der Waals surface area (Å²) >= 11 is 0. The second-order valence-corrected chi connectivity index (χ2v) is 8.26. The van der Waals surface area contributed by atoms with Crippen molar-refractivity contribution in [1.82, 2.24) is 0 Å². The van der Waals surface area contributed by atoms with Crippen molar-refractivity contribution >= 4 is 5.97 Å². The van der Waals surface area contributed by atoms with Gasteiger partial charge in [-0.3, -0.25) is 4.79 Å². The van der Waals surface area contributed by atoms with E-state index in [9.17, 15) is 4.79 Å². The Hall–Kier alpha value is -0.530. The Kier molecular flexibility index (Phi) is 9.47. The number of rotatable bonds is 5. The van der Waals surface area contributed by atoms with Crippen LogP contribution in [-0.4, -0.2) is 11.6 Å². The molecular formula is C21H42O2. The van der Waals surface area contributed by atoms with Gasteiger partial charge in [-0.05, 0) is 55.8 Å². The molecule has 0 saturated heterocycles. The molecule has 0 amide bonds. The molecule has 0 atom stereocenters. The number of esters is 1. The molecule has 0 N–H and O–H groups in total. The van der Waals surface area contributed by atoms with E-state index in [1.54, 1.807) is 0 Å². The molecule has 1 saturated carbocycles. The van der Waals surface area contributed by atoms with E-state index in [-0.39, 0.29) is 17.5 Å². The van der Waals surface area contributed by atoms with Crippen LogP contribution in [0.5, 0.6) is 0 Å². The van der Waals surface area contributed by atoms with Crippen LogP contribution in [0.4, 0.5) is 0 Å². The van der Waals surface area contributed by atoms with Gasteiger partial charge < -0.3 is 4.74 Å². The molecule has 1 rings (SSSR count). The zero-order valence-corrected chi connectivity index (χ0v) is 17.3. The van der Waals surface area contributed by atoms with Crippen molar-refractivity contribution in [3.05, 3.63) is 0 Å². The fourth-order valence-electron chi connectivity index (χ4n) is 3.86. The lowest BCUT2D eigenvalue weighted by molar-refractivity contribution is -0.174. The molecule has 23 heavy (non-hydrogen) atoms. The van der Waals surface area contributed by atoms with Gasteiger partial charge in [0.2, 0.25) is 0 Å². The van der Waals surface area contributed by atoms with Gasteiger partial charge in [0.25, 0.3) is 0 Å².